The Hall–Kier alpha value is -2.19. The van der Waals surface area contributed by atoms with E-state index in [1.165, 1.54) is 16.2 Å². The van der Waals surface area contributed by atoms with E-state index in [0.717, 1.165) is 23.5 Å². The molecule has 1 saturated heterocycles. The summed E-state index contributed by atoms with van der Waals surface area (Å²) in [7, 11) is 0. The van der Waals surface area contributed by atoms with Gasteiger partial charge in [0.2, 0.25) is 0 Å². The molecule has 0 radical (unpaired) electrons. The molecule has 0 atom stereocenters. The van der Waals surface area contributed by atoms with Crippen LogP contribution >= 0.6 is 22.9 Å². The van der Waals surface area contributed by atoms with E-state index >= 15 is 0 Å². The average Bonchev–Trinajstić information content (AvgIpc) is 3.33. The number of amides is 2. The fraction of sp³-hybridized carbons (Fsp3) is 0.333. The molecule has 1 aromatic heterocycles. The number of thiophene rings is 1. The van der Waals surface area contributed by atoms with E-state index in [-0.39, 0.29) is 25.0 Å². The lowest BCUT2D eigenvalue weighted by molar-refractivity contribution is -0.138. The lowest BCUT2D eigenvalue weighted by atomic mass is 10.1. The van der Waals surface area contributed by atoms with Gasteiger partial charge in [-0.25, -0.2) is 0 Å². The van der Waals surface area contributed by atoms with Crippen LogP contribution in [0.3, 0.4) is 0 Å². The molecule has 6 nitrogen and oxygen atoms in total. The molecule has 2 aliphatic heterocycles. The first-order valence-corrected chi connectivity index (χ1v) is 10.8. The number of halogens is 1. The fourth-order valence-corrected chi connectivity index (χ4v) is 4.73. The Morgan fingerprint density at radius 1 is 1.00 bits per heavy atom. The smallest absolute Gasteiger partial charge is 0.278 e. The van der Waals surface area contributed by atoms with Crippen molar-refractivity contribution in [2.75, 3.05) is 39.3 Å². The zero-order chi connectivity index (χ0) is 20.4. The van der Waals surface area contributed by atoms with E-state index in [1.807, 2.05) is 40.6 Å². The Morgan fingerprint density at radius 2 is 1.76 bits per heavy atom. The van der Waals surface area contributed by atoms with Crippen LogP contribution in [0.1, 0.15) is 10.4 Å². The molecule has 1 aromatic carbocycles. The monoisotopic (exact) mass is 431 g/mol. The summed E-state index contributed by atoms with van der Waals surface area (Å²) >= 11 is 7.73. The van der Waals surface area contributed by atoms with Gasteiger partial charge in [-0.1, -0.05) is 35.9 Å². The third-order valence-corrected chi connectivity index (χ3v) is 6.56. The number of carbonyl (C=O) groups is 2. The summed E-state index contributed by atoms with van der Waals surface area (Å²) < 4.78 is 0. The number of carbonyl (C=O) groups excluding carboxylic acids is 2. The molecule has 0 saturated carbocycles. The Labute approximate surface area is 178 Å². The molecule has 0 aliphatic carbocycles. The minimum Gasteiger partial charge on any atom is -0.395 e. The van der Waals surface area contributed by atoms with Crippen LogP contribution in [0.5, 0.6) is 0 Å². The van der Waals surface area contributed by atoms with Gasteiger partial charge in [0, 0.05) is 42.6 Å². The molecular formula is C21H22ClN3O3S. The second-order valence-corrected chi connectivity index (χ2v) is 8.40. The molecule has 0 unspecified atom stereocenters. The van der Waals surface area contributed by atoms with E-state index in [9.17, 15) is 9.59 Å². The topological polar surface area (TPSA) is 64.1 Å². The molecule has 3 heterocycles. The molecule has 8 heteroatoms. The van der Waals surface area contributed by atoms with E-state index in [1.54, 1.807) is 6.07 Å². The lowest BCUT2D eigenvalue weighted by Crippen LogP contribution is -2.48. The fourth-order valence-electron chi connectivity index (χ4n) is 3.78. The number of aliphatic hydroxyl groups is 1. The average molecular weight is 432 g/mol. The highest BCUT2D eigenvalue weighted by atomic mass is 35.5. The molecule has 2 aromatic rings. The van der Waals surface area contributed by atoms with Crippen LogP contribution in [-0.2, 0) is 16.1 Å². The first kappa shape index (κ1) is 20.1. The van der Waals surface area contributed by atoms with Crippen LogP contribution in [0.4, 0.5) is 0 Å². The predicted octanol–water partition coefficient (Wildman–Crippen LogP) is 2.29. The van der Waals surface area contributed by atoms with Crippen LogP contribution < -0.4 is 0 Å². The summed E-state index contributed by atoms with van der Waals surface area (Å²) in [6.45, 7) is 3.66. The molecule has 152 valence electrons. The van der Waals surface area contributed by atoms with Gasteiger partial charge in [0.25, 0.3) is 11.8 Å². The minimum absolute atomic E-state index is 0.117. The number of hydrogen-bond donors (Lipinski definition) is 1. The number of benzene rings is 1. The quantitative estimate of drug-likeness (QED) is 0.711. The van der Waals surface area contributed by atoms with Crippen molar-refractivity contribution in [2.45, 2.75) is 6.54 Å². The van der Waals surface area contributed by atoms with Gasteiger partial charge in [0.1, 0.15) is 5.70 Å². The van der Waals surface area contributed by atoms with Crippen LogP contribution in [0, 0.1) is 0 Å². The standard InChI is InChI=1S/C21H22ClN3O3S/c22-16-5-2-1-4-15(16)14-25-20(27)18(17-6-3-13-29-17)19(21(25)28)24-9-7-23(8-10-24)11-12-26/h1-6,13,26H,7-12,14H2. The van der Waals surface area contributed by atoms with Gasteiger partial charge in [-0.05, 0) is 23.1 Å². The number of piperazine rings is 1. The van der Waals surface area contributed by atoms with Crippen LogP contribution in [0.2, 0.25) is 5.02 Å². The number of β-amino-alcohol motifs (C(OH)–C–C–N with tert-alkyl or cyclic N) is 1. The Kier molecular flexibility index (Phi) is 6.01. The Morgan fingerprint density at radius 3 is 2.41 bits per heavy atom. The number of rotatable bonds is 6. The van der Waals surface area contributed by atoms with E-state index in [0.29, 0.717) is 35.9 Å². The minimum atomic E-state index is -0.273. The first-order valence-electron chi connectivity index (χ1n) is 9.56. The SMILES string of the molecule is O=C1C(c2cccs2)=C(N2CCN(CCO)CC2)C(=O)N1Cc1ccccc1Cl. The van der Waals surface area contributed by atoms with Gasteiger partial charge in [-0.15, -0.1) is 11.3 Å². The molecule has 1 fully saturated rings. The molecule has 2 aliphatic rings. The largest absolute Gasteiger partial charge is 0.395 e. The zero-order valence-corrected chi connectivity index (χ0v) is 17.5. The number of aliphatic hydroxyl groups excluding tert-OH is 1. The van der Waals surface area contributed by atoms with Gasteiger partial charge < -0.3 is 10.0 Å². The number of nitrogens with zero attached hydrogens (tertiary/aromatic N) is 3. The van der Waals surface area contributed by atoms with Gasteiger partial charge in [-0.2, -0.15) is 0 Å². The van der Waals surface area contributed by atoms with E-state index in [2.05, 4.69) is 4.90 Å². The van der Waals surface area contributed by atoms with Crippen molar-refractivity contribution in [1.82, 2.24) is 14.7 Å². The summed E-state index contributed by atoms with van der Waals surface area (Å²) in [5.74, 6) is -0.543. The van der Waals surface area contributed by atoms with Gasteiger partial charge >= 0.3 is 0 Å². The predicted molar refractivity (Wildman–Crippen MR) is 113 cm³/mol. The molecule has 0 bridgehead atoms. The summed E-state index contributed by atoms with van der Waals surface area (Å²) in [5, 5.41) is 11.6. The molecule has 1 N–H and O–H groups in total. The maximum Gasteiger partial charge on any atom is 0.278 e. The summed E-state index contributed by atoms with van der Waals surface area (Å²) in [4.78, 5) is 32.9. The van der Waals surface area contributed by atoms with Crippen molar-refractivity contribution in [2.24, 2.45) is 0 Å². The summed E-state index contributed by atoms with van der Waals surface area (Å²) in [5.41, 5.74) is 1.70. The van der Waals surface area contributed by atoms with Gasteiger partial charge in [0.05, 0.1) is 18.7 Å². The van der Waals surface area contributed by atoms with Crippen molar-refractivity contribution < 1.29 is 14.7 Å². The van der Waals surface area contributed by atoms with Crippen LogP contribution in [-0.4, -0.2) is 71.0 Å². The summed E-state index contributed by atoms with van der Waals surface area (Å²) in [6.07, 6.45) is 0. The molecule has 4 rings (SSSR count). The molecule has 29 heavy (non-hydrogen) atoms. The van der Waals surface area contributed by atoms with Crippen molar-refractivity contribution in [3.63, 3.8) is 0 Å². The highest BCUT2D eigenvalue weighted by molar-refractivity contribution is 7.11. The zero-order valence-electron chi connectivity index (χ0n) is 15.9. The Balaban J connectivity index is 1.64. The lowest BCUT2D eigenvalue weighted by Gasteiger charge is -2.36. The van der Waals surface area contributed by atoms with Crippen molar-refractivity contribution in [1.29, 1.82) is 0 Å². The van der Waals surface area contributed by atoms with E-state index in [4.69, 9.17) is 16.7 Å². The van der Waals surface area contributed by atoms with Gasteiger partial charge in [-0.3, -0.25) is 19.4 Å². The third kappa shape index (κ3) is 3.96. The van der Waals surface area contributed by atoms with Crippen molar-refractivity contribution in [3.05, 3.63) is 62.9 Å². The van der Waals surface area contributed by atoms with Crippen LogP contribution in [0.25, 0.3) is 5.57 Å². The van der Waals surface area contributed by atoms with Crippen LogP contribution in [0.15, 0.2) is 47.5 Å². The number of imide groups is 1. The Bertz CT molecular complexity index is 936. The third-order valence-electron chi connectivity index (χ3n) is 5.30. The first-order chi connectivity index (χ1) is 14.1. The molecule has 0 spiro atoms. The highest BCUT2D eigenvalue weighted by Gasteiger charge is 2.42. The normalized spacial score (nSPS) is 18.3. The number of hydrogen-bond acceptors (Lipinski definition) is 6. The highest BCUT2D eigenvalue weighted by Crippen LogP contribution is 2.35. The molecule has 2 amide bonds. The maximum absolute atomic E-state index is 13.4. The van der Waals surface area contributed by atoms with Gasteiger partial charge in [0.15, 0.2) is 0 Å². The molecular weight excluding hydrogens is 410 g/mol. The van der Waals surface area contributed by atoms with E-state index < -0.39 is 0 Å². The summed E-state index contributed by atoms with van der Waals surface area (Å²) in [6, 6.07) is 11.0. The van der Waals surface area contributed by atoms with Crippen molar-refractivity contribution >= 4 is 40.3 Å². The van der Waals surface area contributed by atoms with Crippen molar-refractivity contribution in [3.8, 4) is 0 Å². The second kappa shape index (κ2) is 8.67. The second-order valence-electron chi connectivity index (χ2n) is 7.04. The maximum atomic E-state index is 13.4.